The number of urea groups is 1. The van der Waals surface area contributed by atoms with Gasteiger partial charge in [-0.1, -0.05) is 19.3 Å². The van der Waals surface area contributed by atoms with Gasteiger partial charge in [-0.2, -0.15) is 0 Å². The lowest BCUT2D eigenvalue weighted by Crippen LogP contribution is -2.48. The number of hydrogen-bond donors (Lipinski definition) is 2. The van der Waals surface area contributed by atoms with Crippen LogP contribution in [0.4, 0.5) is 4.79 Å². The van der Waals surface area contributed by atoms with Gasteiger partial charge in [-0.3, -0.25) is 4.79 Å². The molecule has 2 amide bonds. The summed E-state index contributed by atoms with van der Waals surface area (Å²) in [5.41, 5.74) is 0. The highest BCUT2D eigenvalue weighted by atomic mass is 16.4. The van der Waals surface area contributed by atoms with Gasteiger partial charge in [0, 0.05) is 19.6 Å². The smallest absolute Gasteiger partial charge is 0.317 e. The van der Waals surface area contributed by atoms with Crippen LogP contribution in [0.1, 0.15) is 44.9 Å². The quantitative estimate of drug-likeness (QED) is 0.823. The monoisotopic (exact) mass is 268 g/mol. The number of nitrogens with one attached hydrogen (secondary N) is 1. The molecule has 0 bridgehead atoms. The number of likely N-dealkylation sites (tertiary alicyclic amines) is 1. The average molecular weight is 268 g/mol. The van der Waals surface area contributed by atoms with Crippen LogP contribution in [-0.4, -0.2) is 41.6 Å². The minimum absolute atomic E-state index is 0.0866. The second-order valence-electron chi connectivity index (χ2n) is 5.81. The molecule has 1 aliphatic heterocycles. The van der Waals surface area contributed by atoms with Crippen molar-refractivity contribution in [3.05, 3.63) is 0 Å². The van der Waals surface area contributed by atoms with Crippen molar-refractivity contribution >= 4 is 12.0 Å². The Kier molecular flexibility index (Phi) is 5.05. The molecule has 0 unspecified atom stereocenters. The summed E-state index contributed by atoms with van der Waals surface area (Å²) >= 11 is 0. The number of carbonyl (C=O) groups excluding carboxylic acids is 1. The third-order valence-corrected chi connectivity index (χ3v) is 4.32. The van der Waals surface area contributed by atoms with Crippen molar-refractivity contribution in [3.63, 3.8) is 0 Å². The van der Waals surface area contributed by atoms with Crippen molar-refractivity contribution < 1.29 is 14.7 Å². The first kappa shape index (κ1) is 14.2. The van der Waals surface area contributed by atoms with Gasteiger partial charge in [0.2, 0.25) is 0 Å². The van der Waals surface area contributed by atoms with E-state index in [-0.39, 0.29) is 6.03 Å². The first-order valence-electron chi connectivity index (χ1n) is 7.42. The Morgan fingerprint density at radius 3 is 2.53 bits per heavy atom. The van der Waals surface area contributed by atoms with Crippen molar-refractivity contribution in [2.24, 2.45) is 11.8 Å². The van der Waals surface area contributed by atoms with E-state index in [4.69, 9.17) is 5.11 Å². The maximum atomic E-state index is 12.0. The predicted octanol–water partition coefficient (Wildman–Crippen LogP) is 2.07. The lowest BCUT2D eigenvalue weighted by Gasteiger charge is -2.31. The number of carbonyl (C=O) groups is 2. The minimum Gasteiger partial charge on any atom is -0.481 e. The van der Waals surface area contributed by atoms with E-state index < -0.39 is 11.9 Å². The third-order valence-electron chi connectivity index (χ3n) is 4.32. The van der Waals surface area contributed by atoms with Crippen LogP contribution in [0.5, 0.6) is 0 Å². The molecule has 0 aromatic carbocycles. The number of rotatable bonds is 3. The van der Waals surface area contributed by atoms with Crippen molar-refractivity contribution in [3.8, 4) is 0 Å². The zero-order valence-corrected chi connectivity index (χ0v) is 11.4. The lowest BCUT2D eigenvalue weighted by atomic mass is 9.89. The molecule has 2 fully saturated rings. The summed E-state index contributed by atoms with van der Waals surface area (Å²) in [6.07, 6.45) is 7.74. The van der Waals surface area contributed by atoms with Gasteiger partial charge in [0.05, 0.1) is 5.92 Å². The van der Waals surface area contributed by atoms with Gasteiger partial charge in [-0.15, -0.1) is 0 Å². The molecule has 19 heavy (non-hydrogen) atoms. The van der Waals surface area contributed by atoms with Gasteiger partial charge < -0.3 is 15.3 Å². The largest absolute Gasteiger partial charge is 0.481 e. The molecule has 1 heterocycles. The number of amides is 2. The van der Waals surface area contributed by atoms with Crippen LogP contribution in [0, 0.1) is 11.8 Å². The standard InChI is InChI=1S/C14H24N2O3/c17-13(18)12-7-4-8-16(10-12)14(19)15-9-11-5-2-1-3-6-11/h11-12H,1-10H2,(H,15,19)(H,17,18)/t12-/m0/s1. The van der Waals surface area contributed by atoms with Gasteiger partial charge in [-0.25, -0.2) is 4.79 Å². The molecule has 0 radical (unpaired) electrons. The summed E-state index contributed by atoms with van der Waals surface area (Å²) in [5, 5.41) is 12.0. The van der Waals surface area contributed by atoms with Crippen LogP contribution < -0.4 is 5.32 Å². The molecular weight excluding hydrogens is 244 g/mol. The maximum Gasteiger partial charge on any atom is 0.317 e. The van der Waals surface area contributed by atoms with Crippen LogP contribution in [0.15, 0.2) is 0 Å². The molecule has 1 aliphatic carbocycles. The fourth-order valence-corrected chi connectivity index (χ4v) is 3.10. The first-order chi connectivity index (χ1) is 9.16. The van der Waals surface area contributed by atoms with E-state index in [0.717, 1.165) is 13.0 Å². The topological polar surface area (TPSA) is 69.6 Å². The predicted molar refractivity (Wildman–Crippen MR) is 71.9 cm³/mol. The molecule has 0 aromatic heterocycles. The number of piperidine rings is 1. The lowest BCUT2D eigenvalue weighted by molar-refractivity contribution is -0.143. The van der Waals surface area contributed by atoms with Gasteiger partial charge in [0.15, 0.2) is 0 Å². The summed E-state index contributed by atoms with van der Waals surface area (Å²) in [5.74, 6) is -0.572. The van der Waals surface area contributed by atoms with Crippen LogP contribution in [0.2, 0.25) is 0 Å². The van der Waals surface area contributed by atoms with Crippen LogP contribution in [-0.2, 0) is 4.79 Å². The van der Waals surface area contributed by atoms with Gasteiger partial charge in [0.1, 0.15) is 0 Å². The minimum atomic E-state index is -0.787. The molecule has 5 heteroatoms. The van der Waals surface area contributed by atoms with Crippen LogP contribution >= 0.6 is 0 Å². The second-order valence-corrected chi connectivity index (χ2v) is 5.81. The molecular formula is C14H24N2O3. The Morgan fingerprint density at radius 2 is 1.84 bits per heavy atom. The highest BCUT2D eigenvalue weighted by Crippen LogP contribution is 2.23. The Labute approximate surface area is 114 Å². The molecule has 1 atom stereocenters. The van der Waals surface area contributed by atoms with Crippen molar-refractivity contribution in [1.29, 1.82) is 0 Å². The molecule has 1 saturated carbocycles. The Balaban J connectivity index is 1.74. The zero-order chi connectivity index (χ0) is 13.7. The summed E-state index contributed by atoms with van der Waals surface area (Å²) in [7, 11) is 0. The van der Waals surface area contributed by atoms with Crippen LogP contribution in [0.3, 0.4) is 0 Å². The van der Waals surface area contributed by atoms with Gasteiger partial charge in [-0.05, 0) is 31.6 Å². The summed E-state index contributed by atoms with van der Waals surface area (Å²) < 4.78 is 0. The summed E-state index contributed by atoms with van der Waals surface area (Å²) in [6, 6.07) is -0.0866. The van der Waals surface area contributed by atoms with Gasteiger partial charge in [0.25, 0.3) is 0 Å². The van der Waals surface area contributed by atoms with E-state index in [1.165, 1.54) is 32.1 Å². The number of carboxylic acids is 1. The summed E-state index contributed by atoms with van der Waals surface area (Å²) in [6.45, 7) is 1.78. The molecule has 5 nitrogen and oxygen atoms in total. The van der Waals surface area contributed by atoms with Crippen molar-refractivity contribution in [1.82, 2.24) is 10.2 Å². The molecule has 2 aliphatic rings. The average Bonchev–Trinajstić information content (AvgIpc) is 2.46. The fourth-order valence-electron chi connectivity index (χ4n) is 3.10. The number of aliphatic carboxylic acids is 1. The van der Waals surface area contributed by atoms with Crippen molar-refractivity contribution in [2.45, 2.75) is 44.9 Å². The normalized spacial score (nSPS) is 25.1. The molecule has 1 saturated heterocycles. The number of hydrogen-bond acceptors (Lipinski definition) is 2. The van der Waals surface area contributed by atoms with Gasteiger partial charge >= 0.3 is 12.0 Å². The highest BCUT2D eigenvalue weighted by molar-refractivity contribution is 5.76. The summed E-state index contributed by atoms with van der Waals surface area (Å²) in [4.78, 5) is 24.7. The van der Waals surface area contributed by atoms with Crippen LogP contribution in [0.25, 0.3) is 0 Å². The second kappa shape index (κ2) is 6.78. The highest BCUT2D eigenvalue weighted by Gasteiger charge is 2.28. The number of nitrogens with zero attached hydrogens (tertiary/aromatic N) is 1. The number of carboxylic acid groups (broad SMARTS) is 1. The first-order valence-corrected chi connectivity index (χ1v) is 7.42. The SMILES string of the molecule is O=C(O)[C@H]1CCCN(C(=O)NCC2CCCCC2)C1. The Morgan fingerprint density at radius 1 is 1.11 bits per heavy atom. The molecule has 2 N–H and O–H groups in total. The van der Waals surface area contributed by atoms with E-state index in [1.54, 1.807) is 4.90 Å². The third kappa shape index (κ3) is 4.11. The van der Waals surface area contributed by atoms with Crippen molar-refractivity contribution in [2.75, 3.05) is 19.6 Å². The molecule has 2 rings (SSSR count). The molecule has 0 aromatic rings. The van der Waals surface area contributed by atoms with E-state index in [0.29, 0.717) is 25.4 Å². The van der Waals surface area contributed by atoms with E-state index in [1.807, 2.05) is 0 Å². The fraction of sp³-hybridized carbons (Fsp3) is 0.857. The molecule has 108 valence electrons. The molecule has 0 spiro atoms. The Hall–Kier alpha value is -1.26. The Bertz CT molecular complexity index is 327. The van der Waals surface area contributed by atoms with E-state index in [2.05, 4.69) is 5.32 Å². The zero-order valence-electron chi connectivity index (χ0n) is 11.4. The maximum absolute atomic E-state index is 12.0. The van der Waals surface area contributed by atoms with E-state index in [9.17, 15) is 9.59 Å². The van der Waals surface area contributed by atoms with E-state index >= 15 is 0 Å².